The molecule has 1 unspecified atom stereocenters. The lowest BCUT2D eigenvalue weighted by Crippen LogP contribution is -2.30. The molecule has 0 radical (unpaired) electrons. The Morgan fingerprint density at radius 2 is 1.80 bits per heavy atom. The third-order valence-corrected chi connectivity index (χ3v) is 3.71. The lowest BCUT2D eigenvalue weighted by molar-refractivity contribution is 0.190. The maximum absolute atomic E-state index is 6.39. The van der Waals surface area contributed by atoms with Crippen molar-refractivity contribution in [2.75, 3.05) is 52.5 Å². The highest BCUT2D eigenvalue weighted by Crippen LogP contribution is 2.27. The molecule has 4 nitrogen and oxygen atoms in total. The topological polar surface area (TPSA) is 33.7 Å². The molecule has 0 heterocycles. The number of rotatable bonds is 9. The molecule has 20 heavy (non-hydrogen) atoms. The van der Waals surface area contributed by atoms with Gasteiger partial charge in [0.15, 0.2) is 0 Å². The van der Waals surface area contributed by atoms with Crippen LogP contribution in [0.5, 0.6) is 0 Å². The normalized spacial score (nSPS) is 12.4. The van der Waals surface area contributed by atoms with Crippen molar-refractivity contribution in [3.8, 4) is 0 Å². The van der Waals surface area contributed by atoms with Gasteiger partial charge in [0.1, 0.15) is 0 Å². The minimum absolute atomic E-state index is 0.239. The number of nitrogens with one attached hydrogen (secondary N) is 1. The summed E-state index contributed by atoms with van der Waals surface area (Å²) in [6, 6.07) is 6.42. The number of anilines is 1. The number of hydrogen-bond donors (Lipinski definition) is 1. The van der Waals surface area contributed by atoms with E-state index in [4.69, 9.17) is 21.1 Å². The Balaban J connectivity index is 2.87. The van der Waals surface area contributed by atoms with Crippen LogP contribution in [0.4, 0.5) is 5.69 Å². The van der Waals surface area contributed by atoms with Crippen LogP contribution in [0.15, 0.2) is 18.2 Å². The molecule has 0 saturated carbocycles. The third kappa shape index (κ3) is 4.94. The summed E-state index contributed by atoms with van der Waals surface area (Å²) in [5.74, 6) is 0. The van der Waals surface area contributed by atoms with Crippen molar-refractivity contribution in [1.29, 1.82) is 0 Å². The fourth-order valence-corrected chi connectivity index (χ4v) is 2.33. The zero-order valence-electron chi connectivity index (χ0n) is 12.8. The van der Waals surface area contributed by atoms with Gasteiger partial charge in [0.05, 0.1) is 13.2 Å². The van der Waals surface area contributed by atoms with Gasteiger partial charge in [-0.05, 0) is 31.7 Å². The first kappa shape index (κ1) is 17.2. The van der Waals surface area contributed by atoms with E-state index in [0.29, 0.717) is 13.2 Å². The molecular weight excluding hydrogens is 276 g/mol. The minimum Gasteiger partial charge on any atom is -0.383 e. The van der Waals surface area contributed by atoms with Crippen LogP contribution in [0.25, 0.3) is 0 Å². The number of methoxy groups -OCH3 is 2. The van der Waals surface area contributed by atoms with E-state index in [1.807, 2.05) is 13.1 Å². The van der Waals surface area contributed by atoms with E-state index < -0.39 is 0 Å². The molecule has 0 spiro atoms. The molecule has 0 aliphatic rings. The van der Waals surface area contributed by atoms with E-state index in [9.17, 15) is 0 Å². The molecule has 0 aliphatic carbocycles. The summed E-state index contributed by atoms with van der Waals surface area (Å²) in [5.41, 5.74) is 2.20. The molecule has 1 rings (SSSR count). The van der Waals surface area contributed by atoms with Gasteiger partial charge in [-0.2, -0.15) is 0 Å². The van der Waals surface area contributed by atoms with E-state index in [2.05, 4.69) is 29.3 Å². The van der Waals surface area contributed by atoms with E-state index in [1.54, 1.807) is 14.2 Å². The van der Waals surface area contributed by atoms with Crippen LogP contribution < -0.4 is 10.2 Å². The highest BCUT2D eigenvalue weighted by molar-refractivity contribution is 6.31. The van der Waals surface area contributed by atoms with Gasteiger partial charge in [-0.1, -0.05) is 17.7 Å². The first-order chi connectivity index (χ1) is 9.63. The number of nitrogens with zero attached hydrogens (tertiary/aromatic N) is 1. The minimum atomic E-state index is 0.239. The first-order valence-corrected chi connectivity index (χ1v) is 7.21. The van der Waals surface area contributed by atoms with E-state index in [-0.39, 0.29) is 6.04 Å². The van der Waals surface area contributed by atoms with E-state index in [1.165, 1.54) is 0 Å². The third-order valence-electron chi connectivity index (χ3n) is 3.38. The van der Waals surface area contributed by atoms with Crippen LogP contribution in [0, 0.1) is 0 Å². The predicted octanol–water partition coefficient (Wildman–Crippen LogP) is 2.72. The van der Waals surface area contributed by atoms with E-state index >= 15 is 0 Å². The second-order valence-corrected chi connectivity index (χ2v) is 5.10. The Bertz CT molecular complexity index is 393. The molecule has 1 aromatic rings. The molecule has 0 bridgehead atoms. The SMILES string of the molecule is CNC(C)c1ccc(N(CCOC)CCOC)cc1Cl. The average Bonchev–Trinajstić information content (AvgIpc) is 2.46. The zero-order valence-corrected chi connectivity index (χ0v) is 13.5. The maximum atomic E-state index is 6.39. The zero-order chi connectivity index (χ0) is 15.0. The van der Waals surface area contributed by atoms with Gasteiger partial charge in [-0.3, -0.25) is 0 Å². The molecular formula is C15H25ClN2O2. The van der Waals surface area contributed by atoms with Crippen molar-refractivity contribution >= 4 is 17.3 Å². The highest BCUT2D eigenvalue weighted by atomic mass is 35.5. The van der Waals surface area contributed by atoms with Crippen LogP contribution in [0.3, 0.4) is 0 Å². The predicted molar refractivity (Wildman–Crippen MR) is 84.9 cm³/mol. The molecule has 0 amide bonds. The van der Waals surface area contributed by atoms with Crippen molar-refractivity contribution in [1.82, 2.24) is 5.32 Å². The molecule has 1 aromatic carbocycles. The van der Waals surface area contributed by atoms with Gasteiger partial charge < -0.3 is 19.7 Å². The highest BCUT2D eigenvalue weighted by Gasteiger charge is 2.11. The van der Waals surface area contributed by atoms with Crippen molar-refractivity contribution in [3.05, 3.63) is 28.8 Å². The summed E-state index contributed by atoms with van der Waals surface area (Å²) in [6.45, 7) is 5.08. The summed E-state index contributed by atoms with van der Waals surface area (Å²) >= 11 is 6.39. The van der Waals surface area contributed by atoms with Crippen molar-refractivity contribution < 1.29 is 9.47 Å². The lowest BCUT2D eigenvalue weighted by Gasteiger charge is -2.25. The second kappa shape index (κ2) is 9.19. The fourth-order valence-electron chi connectivity index (χ4n) is 1.99. The van der Waals surface area contributed by atoms with Gasteiger partial charge in [-0.25, -0.2) is 0 Å². The summed E-state index contributed by atoms with van der Waals surface area (Å²) in [5, 5.41) is 3.98. The van der Waals surface area contributed by atoms with Crippen LogP contribution in [0.2, 0.25) is 5.02 Å². The fraction of sp³-hybridized carbons (Fsp3) is 0.600. The molecule has 114 valence electrons. The van der Waals surface area contributed by atoms with Gasteiger partial charge >= 0.3 is 0 Å². The summed E-state index contributed by atoms with van der Waals surface area (Å²) in [7, 11) is 5.34. The van der Waals surface area contributed by atoms with Gasteiger partial charge in [0, 0.05) is 44.1 Å². The standard InChI is InChI=1S/C15H25ClN2O2/c1-12(17-2)14-6-5-13(11-15(14)16)18(7-9-19-3)8-10-20-4/h5-6,11-12,17H,7-10H2,1-4H3. The number of halogens is 1. The number of hydrogen-bond acceptors (Lipinski definition) is 4. The van der Waals surface area contributed by atoms with Gasteiger partial charge in [0.2, 0.25) is 0 Å². The largest absolute Gasteiger partial charge is 0.383 e. The van der Waals surface area contributed by atoms with Crippen molar-refractivity contribution in [2.45, 2.75) is 13.0 Å². The maximum Gasteiger partial charge on any atom is 0.0637 e. The monoisotopic (exact) mass is 300 g/mol. The lowest BCUT2D eigenvalue weighted by atomic mass is 10.1. The quantitative estimate of drug-likeness (QED) is 0.760. The molecule has 0 fully saturated rings. The average molecular weight is 301 g/mol. The summed E-state index contributed by atoms with van der Waals surface area (Å²) in [6.07, 6.45) is 0. The molecule has 0 aromatic heterocycles. The van der Waals surface area contributed by atoms with Crippen LogP contribution in [-0.4, -0.2) is 47.6 Å². The Kier molecular flexibility index (Phi) is 7.92. The van der Waals surface area contributed by atoms with Gasteiger partial charge in [-0.15, -0.1) is 0 Å². The number of benzene rings is 1. The van der Waals surface area contributed by atoms with Crippen LogP contribution >= 0.6 is 11.6 Å². The van der Waals surface area contributed by atoms with E-state index in [0.717, 1.165) is 29.4 Å². The summed E-state index contributed by atoms with van der Waals surface area (Å²) in [4.78, 5) is 2.21. The number of ether oxygens (including phenoxy) is 2. The molecule has 5 heteroatoms. The second-order valence-electron chi connectivity index (χ2n) is 4.69. The summed E-state index contributed by atoms with van der Waals surface area (Å²) < 4.78 is 10.3. The Labute approximate surface area is 127 Å². The molecule has 0 saturated heterocycles. The Hall–Kier alpha value is -0.810. The molecule has 1 N–H and O–H groups in total. The molecule has 0 aliphatic heterocycles. The van der Waals surface area contributed by atoms with Crippen LogP contribution in [-0.2, 0) is 9.47 Å². The van der Waals surface area contributed by atoms with Crippen LogP contribution in [0.1, 0.15) is 18.5 Å². The Morgan fingerprint density at radius 3 is 2.25 bits per heavy atom. The van der Waals surface area contributed by atoms with Crippen molar-refractivity contribution in [2.24, 2.45) is 0 Å². The van der Waals surface area contributed by atoms with Crippen molar-refractivity contribution in [3.63, 3.8) is 0 Å². The first-order valence-electron chi connectivity index (χ1n) is 6.83. The Morgan fingerprint density at radius 1 is 1.20 bits per heavy atom. The molecule has 1 atom stereocenters. The smallest absolute Gasteiger partial charge is 0.0637 e. The van der Waals surface area contributed by atoms with Gasteiger partial charge in [0.25, 0.3) is 0 Å².